The maximum atomic E-state index is 11.2. The zero-order valence-electron chi connectivity index (χ0n) is 9.80. The second-order valence-corrected chi connectivity index (χ2v) is 4.38. The number of carbonyl (C=O) groups excluding carboxylic acids is 1. The van der Waals surface area contributed by atoms with Crippen molar-refractivity contribution in [2.45, 2.75) is 19.4 Å². The van der Waals surface area contributed by atoms with Crippen LogP contribution in [0.5, 0.6) is 0 Å². The molecule has 1 saturated heterocycles. The number of amides is 1. The van der Waals surface area contributed by atoms with E-state index in [9.17, 15) is 4.79 Å². The molecule has 1 aromatic heterocycles. The summed E-state index contributed by atoms with van der Waals surface area (Å²) < 4.78 is 0. The summed E-state index contributed by atoms with van der Waals surface area (Å²) in [4.78, 5) is 17.7. The summed E-state index contributed by atoms with van der Waals surface area (Å²) in [5.41, 5.74) is 12.1. The van der Waals surface area contributed by atoms with Gasteiger partial charge in [-0.2, -0.15) is 0 Å². The van der Waals surface area contributed by atoms with Gasteiger partial charge in [0.2, 0.25) is 5.91 Å². The average Bonchev–Trinajstić information content (AvgIpc) is 2.39. The topological polar surface area (TPSA) is 85.2 Å². The minimum atomic E-state index is -0.222. The predicted octanol–water partition coefficient (Wildman–Crippen LogP) is 0.242. The molecule has 1 unspecified atom stereocenters. The second-order valence-electron chi connectivity index (χ2n) is 4.38. The highest BCUT2D eigenvalue weighted by molar-refractivity contribution is 5.77. The first kappa shape index (κ1) is 11.9. The summed E-state index contributed by atoms with van der Waals surface area (Å²) in [6.07, 6.45) is 3.59. The van der Waals surface area contributed by atoms with Crippen molar-refractivity contribution < 1.29 is 4.79 Å². The van der Waals surface area contributed by atoms with Crippen molar-refractivity contribution >= 4 is 11.7 Å². The molecule has 1 aliphatic heterocycles. The predicted molar refractivity (Wildman–Crippen MR) is 66.3 cm³/mol. The molecule has 0 aliphatic carbocycles. The van der Waals surface area contributed by atoms with Crippen LogP contribution in [-0.2, 0) is 11.3 Å². The summed E-state index contributed by atoms with van der Waals surface area (Å²) in [5.74, 6) is 0.595. The SMILES string of the molecule is NCc1cccnc1N1CCCC(C(N)=O)C1. The van der Waals surface area contributed by atoms with Gasteiger partial charge in [-0.1, -0.05) is 6.07 Å². The third-order valence-corrected chi connectivity index (χ3v) is 3.21. The fraction of sp³-hybridized carbons (Fsp3) is 0.500. The molecule has 1 aliphatic rings. The van der Waals surface area contributed by atoms with E-state index in [4.69, 9.17) is 11.5 Å². The molecule has 0 saturated carbocycles. The maximum absolute atomic E-state index is 11.2. The minimum Gasteiger partial charge on any atom is -0.369 e. The lowest BCUT2D eigenvalue weighted by Crippen LogP contribution is -2.42. The Morgan fingerprint density at radius 2 is 2.41 bits per heavy atom. The van der Waals surface area contributed by atoms with Crippen molar-refractivity contribution in [3.8, 4) is 0 Å². The molecule has 0 bridgehead atoms. The Hall–Kier alpha value is -1.62. The number of hydrogen-bond acceptors (Lipinski definition) is 4. The molecule has 4 N–H and O–H groups in total. The quantitative estimate of drug-likeness (QED) is 0.784. The summed E-state index contributed by atoms with van der Waals surface area (Å²) in [5, 5.41) is 0. The number of carbonyl (C=O) groups is 1. The minimum absolute atomic E-state index is 0.0728. The number of anilines is 1. The van der Waals surface area contributed by atoms with Crippen molar-refractivity contribution in [3.63, 3.8) is 0 Å². The molecule has 0 radical (unpaired) electrons. The summed E-state index contributed by atoms with van der Waals surface area (Å²) in [7, 11) is 0. The lowest BCUT2D eigenvalue weighted by molar-refractivity contribution is -0.122. The largest absolute Gasteiger partial charge is 0.369 e. The highest BCUT2D eigenvalue weighted by atomic mass is 16.1. The molecule has 0 spiro atoms. The van der Waals surface area contributed by atoms with Crippen molar-refractivity contribution in [1.82, 2.24) is 4.98 Å². The third kappa shape index (κ3) is 2.55. The number of primary amides is 1. The van der Waals surface area contributed by atoms with E-state index in [1.165, 1.54) is 0 Å². The van der Waals surface area contributed by atoms with E-state index >= 15 is 0 Å². The molecule has 1 atom stereocenters. The second kappa shape index (κ2) is 5.14. The van der Waals surface area contributed by atoms with Crippen LogP contribution in [-0.4, -0.2) is 24.0 Å². The number of nitrogens with zero attached hydrogens (tertiary/aromatic N) is 2. The van der Waals surface area contributed by atoms with Crippen LogP contribution in [0.15, 0.2) is 18.3 Å². The Morgan fingerprint density at radius 3 is 3.12 bits per heavy atom. The fourth-order valence-corrected chi connectivity index (χ4v) is 2.28. The molecule has 1 aromatic rings. The van der Waals surface area contributed by atoms with Gasteiger partial charge in [-0.05, 0) is 18.9 Å². The molecular formula is C12H18N4O. The van der Waals surface area contributed by atoms with Gasteiger partial charge < -0.3 is 16.4 Å². The average molecular weight is 234 g/mol. The molecule has 2 heterocycles. The van der Waals surface area contributed by atoms with E-state index in [-0.39, 0.29) is 11.8 Å². The van der Waals surface area contributed by atoms with Crippen molar-refractivity contribution in [1.29, 1.82) is 0 Å². The van der Waals surface area contributed by atoms with Gasteiger partial charge in [-0.3, -0.25) is 4.79 Å². The molecule has 17 heavy (non-hydrogen) atoms. The smallest absolute Gasteiger partial charge is 0.222 e. The molecule has 0 aromatic carbocycles. The molecule has 1 fully saturated rings. The van der Waals surface area contributed by atoms with Crippen LogP contribution in [0.25, 0.3) is 0 Å². The Balaban J connectivity index is 2.18. The Labute approximate surface area is 101 Å². The molecular weight excluding hydrogens is 216 g/mol. The van der Waals surface area contributed by atoms with Crippen LogP contribution in [0.2, 0.25) is 0 Å². The Morgan fingerprint density at radius 1 is 1.59 bits per heavy atom. The van der Waals surface area contributed by atoms with Crippen LogP contribution in [0, 0.1) is 5.92 Å². The lowest BCUT2D eigenvalue weighted by Gasteiger charge is -2.33. The van der Waals surface area contributed by atoms with Crippen LogP contribution < -0.4 is 16.4 Å². The summed E-state index contributed by atoms with van der Waals surface area (Å²) >= 11 is 0. The van der Waals surface area contributed by atoms with Gasteiger partial charge in [0.1, 0.15) is 5.82 Å². The van der Waals surface area contributed by atoms with Gasteiger partial charge in [0.15, 0.2) is 0 Å². The normalized spacial score (nSPS) is 20.3. The van der Waals surface area contributed by atoms with E-state index < -0.39 is 0 Å². The van der Waals surface area contributed by atoms with E-state index in [1.807, 2.05) is 12.1 Å². The molecule has 5 heteroatoms. The first-order valence-electron chi connectivity index (χ1n) is 5.90. The monoisotopic (exact) mass is 234 g/mol. The summed E-state index contributed by atoms with van der Waals surface area (Å²) in [6.45, 7) is 2.02. The third-order valence-electron chi connectivity index (χ3n) is 3.21. The summed E-state index contributed by atoms with van der Waals surface area (Å²) in [6, 6.07) is 3.84. The van der Waals surface area contributed by atoms with Gasteiger partial charge in [0.05, 0.1) is 5.92 Å². The zero-order valence-corrected chi connectivity index (χ0v) is 9.80. The Kier molecular flexibility index (Phi) is 3.58. The van der Waals surface area contributed by atoms with Gasteiger partial charge in [0, 0.05) is 31.4 Å². The highest BCUT2D eigenvalue weighted by Crippen LogP contribution is 2.23. The number of hydrogen-bond donors (Lipinski definition) is 2. The molecule has 5 nitrogen and oxygen atoms in total. The molecule has 2 rings (SSSR count). The van der Waals surface area contributed by atoms with Crippen LogP contribution in [0.3, 0.4) is 0 Å². The highest BCUT2D eigenvalue weighted by Gasteiger charge is 2.25. The number of pyridine rings is 1. The molecule has 92 valence electrons. The van der Waals surface area contributed by atoms with Crippen molar-refractivity contribution in [2.24, 2.45) is 17.4 Å². The number of nitrogens with two attached hydrogens (primary N) is 2. The van der Waals surface area contributed by atoms with E-state index in [0.29, 0.717) is 13.1 Å². The molecule has 1 amide bonds. The van der Waals surface area contributed by atoms with Crippen LogP contribution >= 0.6 is 0 Å². The van der Waals surface area contributed by atoms with E-state index in [2.05, 4.69) is 9.88 Å². The van der Waals surface area contributed by atoms with Crippen molar-refractivity contribution in [2.75, 3.05) is 18.0 Å². The van der Waals surface area contributed by atoms with Crippen molar-refractivity contribution in [3.05, 3.63) is 23.9 Å². The standard InChI is InChI=1S/C12H18N4O/c13-7-9-3-1-5-15-12(9)16-6-2-4-10(8-16)11(14)17/h1,3,5,10H,2,4,6-8,13H2,(H2,14,17). The lowest BCUT2D eigenvalue weighted by atomic mass is 9.97. The fourth-order valence-electron chi connectivity index (χ4n) is 2.28. The zero-order chi connectivity index (χ0) is 12.3. The number of aromatic nitrogens is 1. The number of rotatable bonds is 3. The Bertz CT molecular complexity index is 407. The number of piperidine rings is 1. The van der Waals surface area contributed by atoms with Gasteiger partial charge >= 0.3 is 0 Å². The van der Waals surface area contributed by atoms with Gasteiger partial charge in [0.25, 0.3) is 0 Å². The first-order chi connectivity index (χ1) is 8.22. The van der Waals surface area contributed by atoms with E-state index in [0.717, 1.165) is 30.8 Å². The maximum Gasteiger partial charge on any atom is 0.222 e. The van der Waals surface area contributed by atoms with Gasteiger partial charge in [-0.15, -0.1) is 0 Å². The van der Waals surface area contributed by atoms with E-state index in [1.54, 1.807) is 6.20 Å². The van der Waals surface area contributed by atoms with Crippen LogP contribution in [0.4, 0.5) is 5.82 Å². The van der Waals surface area contributed by atoms with Gasteiger partial charge in [-0.25, -0.2) is 4.98 Å². The first-order valence-corrected chi connectivity index (χ1v) is 5.90. The van der Waals surface area contributed by atoms with Crippen LogP contribution in [0.1, 0.15) is 18.4 Å².